The van der Waals surface area contributed by atoms with Crippen LogP contribution in [-0.2, 0) is 6.42 Å². The lowest BCUT2D eigenvalue weighted by molar-refractivity contribution is 0.207. The zero-order valence-corrected chi connectivity index (χ0v) is 14.0. The summed E-state index contributed by atoms with van der Waals surface area (Å²) in [6.07, 6.45) is 6.20. The van der Waals surface area contributed by atoms with E-state index in [-0.39, 0.29) is 0 Å². The highest BCUT2D eigenvalue weighted by molar-refractivity contribution is 6.31. The molecular weight excluding hydrogens is 305 g/mol. The van der Waals surface area contributed by atoms with E-state index >= 15 is 0 Å². The molecule has 21 heavy (non-hydrogen) atoms. The standard InChI is InChI=1S/C16H21Cl2N3/c1-10-3-4-14(11(2)7-10)21-15(5-6-17)20-13-8-12(18)9-19-16(13)21/h8-11,14H,3-7H2,1-2H3. The lowest BCUT2D eigenvalue weighted by Gasteiger charge is -2.34. The van der Waals surface area contributed by atoms with Crippen LogP contribution in [0.15, 0.2) is 12.3 Å². The monoisotopic (exact) mass is 325 g/mol. The van der Waals surface area contributed by atoms with Crippen LogP contribution >= 0.6 is 23.2 Å². The number of imidazole rings is 1. The minimum atomic E-state index is 0.470. The van der Waals surface area contributed by atoms with Gasteiger partial charge in [0, 0.05) is 24.5 Å². The molecule has 2 heterocycles. The third-order valence-corrected chi connectivity index (χ3v) is 5.00. The number of rotatable bonds is 3. The van der Waals surface area contributed by atoms with Crippen molar-refractivity contribution in [1.29, 1.82) is 0 Å². The van der Waals surface area contributed by atoms with Crippen LogP contribution in [0, 0.1) is 11.8 Å². The molecule has 0 aliphatic heterocycles. The summed E-state index contributed by atoms with van der Waals surface area (Å²) in [4.78, 5) is 9.26. The van der Waals surface area contributed by atoms with E-state index in [0.717, 1.165) is 29.3 Å². The lowest BCUT2D eigenvalue weighted by Crippen LogP contribution is -2.26. The molecular formula is C16H21Cl2N3. The minimum absolute atomic E-state index is 0.470. The van der Waals surface area contributed by atoms with Crippen molar-refractivity contribution in [2.24, 2.45) is 11.8 Å². The molecule has 114 valence electrons. The Labute approximate surface area is 135 Å². The minimum Gasteiger partial charge on any atom is -0.309 e. The molecule has 0 radical (unpaired) electrons. The highest BCUT2D eigenvalue weighted by atomic mass is 35.5. The number of hydrogen-bond acceptors (Lipinski definition) is 2. The highest BCUT2D eigenvalue weighted by Crippen LogP contribution is 2.39. The average Bonchev–Trinajstić information content (AvgIpc) is 2.76. The first kappa shape index (κ1) is 15.1. The van der Waals surface area contributed by atoms with Gasteiger partial charge in [-0.3, -0.25) is 0 Å². The van der Waals surface area contributed by atoms with Crippen molar-refractivity contribution in [2.45, 2.75) is 45.6 Å². The van der Waals surface area contributed by atoms with Crippen molar-refractivity contribution in [2.75, 3.05) is 5.88 Å². The fourth-order valence-electron chi connectivity index (χ4n) is 3.65. The van der Waals surface area contributed by atoms with Crippen LogP contribution in [0.1, 0.15) is 45.0 Å². The molecule has 1 saturated carbocycles. The van der Waals surface area contributed by atoms with Crippen molar-refractivity contribution in [1.82, 2.24) is 14.5 Å². The fraction of sp³-hybridized carbons (Fsp3) is 0.625. The van der Waals surface area contributed by atoms with Crippen molar-refractivity contribution in [3.8, 4) is 0 Å². The van der Waals surface area contributed by atoms with Crippen molar-refractivity contribution in [3.05, 3.63) is 23.1 Å². The van der Waals surface area contributed by atoms with Crippen molar-refractivity contribution >= 4 is 34.4 Å². The van der Waals surface area contributed by atoms with E-state index in [9.17, 15) is 0 Å². The molecule has 3 rings (SSSR count). The summed E-state index contributed by atoms with van der Waals surface area (Å²) in [5, 5.41) is 0.634. The van der Waals surface area contributed by atoms with Crippen molar-refractivity contribution in [3.63, 3.8) is 0 Å². The highest BCUT2D eigenvalue weighted by Gasteiger charge is 2.29. The summed E-state index contributed by atoms with van der Waals surface area (Å²) in [5.41, 5.74) is 1.83. The van der Waals surface area contributed by atoms with Gasteiger partial charge in [-0.25, -0.2) is 9.97 Å². The fourth-order valence-corrected chi connectivity index (χ4v) is 3.97. The summed E-state index contributed by atoms with van der Waals surface area (Å²) < 4.78 is 2.32. The molecule has 0 aromatic carbocycles. The molecule has 0 N–H and O–H groups in total. The second-order valence-electron chi connectivity index (χ2n) is 6.30. The van der Waals surface area contributed by atoms with E-state index in [1.807, 2.05) is 6.07 Å². The van der Waals surface area contributed by atoms with E-state index < -0.39 is 0 Å². The first-order chi connectivity index (χ1) is 10.1. The van der Waals surface area contributed by atoms with Crippen molar-refractivity contribution < 1.29 is 0 Å². The summed E-state index contributed by atoms with van der Waals surface area (Å²) in [6, 6.07) is 2.37. The Kier molecular flexibility index (Phi) is 4.41. The number of halogens is 2. The first-order valence-electron chi connectivity index (χ1n) is 7.68. The molecule has 0 saturated heterocycles. The van der Waals surface area contributed by atoms with Crippen LogP contribution in [0.3, 0.4) is 0 Å². The van der Waals surface area contributed by atoms with Crippen LogP contribution < -0.4 is 0 Å². The molecule has 3 nitrogen and oxygen atoms in total. The number of aromatic nitrogens is 3. The number of hydrogen-bond donors (Lipinski definition) is 0. The predicted octanol–water partition coefficient (Wildman–Crippen LogP) is 4.86. The van der Waals surface area contributed by atoms with Gasteiger partial charge in [0.25, 0.3) is 0 Å². The molecule has 1 fully saturated rings. The third kappa shape index (κ3) is 2.91. The molecule has 0 bridgehead atoms. The summed E-state index contributed by atoms with van der Waals surface area (Å²) >= 11 is 12.0. The Hall–Kier alpha value is -0.800. The quantitative estimate of drug-likeness (QED) is 0.754. The maximum Gasteiger partial charge on any atom is 0.160 e. The predicted molar refractivity (Wildman–Crippen MR) is 88.2 cm³/mol. The zero-order chi connectivity index (χ0) is 15.0. The van der Waals surface area contributed by atoms with Gasteiger partial charge in [0.05, 0.1) is 5.02 Å². The smallest absolute Gasteiger partial charge is 0.160 e. The number of pyridine rings is 1. The topological polar surface area (TPSA) is 30.7 Å². The maximum absolute atomic E-state index is 6.05. The van der Waals surface area contributed by atoms with Gasteiger partial charge in [-0.2, -0.15) is 0 Å². The normalized spacial score (nSPS) is 26.4. The molecule has 2 aromatic heterocycles. The van der Waals surface area contributed by atoms with E-state index in [1.165, 1.54) is 19.3 Å². The van der Waals surface area contributed by atoms with Gasteiger partial charge in [-0.15, -0.1) is 11.6 Å². The molecule has 0 spiro atoms. The lowest BCUT2D eigenvalue weighted by atomic mass is 9.79. The second-order valence-corrected chi connectivity index (χ2v) is 7.11. The Morgan fingerprint density at radius 1 is 1.33 bits per heavy atom. The molecule has 1 aliphatic carbocycles. The van der Waals surface area contributed by atoms with Gasteiger partial charge in [0.2, 0.25) is 0 Å². The number of fused-ring (bicyclic) bond motifs is 1. The Balaban J connectivity index is 2.08. The third-order valence-electron chi connectivity index (χ3n) is 4.61. The van der Waals surface area contributed by atoms with E-state index in [0.29, 0.717) is 22.9 Å². The SMILES string of the molecule is CC1CCC(n2c(CCCl)nc3cc(Cl)cnc32)C(C)C1. The van der Waals surface area contributed by atoms with Gasteiger partial charge in [0.1, 0.15) is 11.3 Å². The maximum atomic E-state index is 6.05. The van der Waals surface area contributed by atoms with Gasteiger partial charge in [-0.05, 0) is 37.2 Å². The van der Waals surface area contributed by atoms with Crippen LogP contribution in [0.2, 0.25) is 5.02 Å². The molecule has 3 unspecified atom stereocenters. The summed E-state index contributed by atoms with van der Waals surface area (Å²) in [7, 11) is 0. The molecule has 1 aliphatic rings. The second kappa shape index (κ2) is 6.13. The van der Waals surface area contributed by atoms with Crippen LogP contribution in [0.5, 0.6) is 0 Å². The van der Waals surface area contributed by atoms with Gasteiger partial charge in [-0.1, -0.05) is 25.4 Å². The van der Waals surface area contributed by atoms with E-state index in [4.69, 9.17) is 28.2 Å². The Bertz CT molecular complexity index is 638. The van der Waals surface area contributed by atoms with Crippen LogP contribution in [-0.4, -0.2) is 20.4 Å². The largest absolute Gasteiger partial charge is 0.309 e. The average molecular weight is 326 g/mol. The molecule has 2 aromatic rings. The first-order valence-corrected chi connectivity index (χ1v) is 8.59. The summed E-state index contributed by atoms with van der Waals surface area (Å²) in [5.74, 6) is 3.07. The van der Waals surface area contributed by atoms with Gasteiger partial charge in [0.15, 0.2) is 5.65 Å². The molecule has 0 amide bonds. The van der Waals surface area contributed by atoms with Crippen LogP contribution in [0.25, 0.3) is 11.2 Å². The van der Waals surface area contributed by atoms with Gasteiger partial charge < -0.3 is 4.57 Å². The summed E-state index contributed by atoms with van der Waals surface area (Å²) in [6.45, 7) is 4.68. The number of aryl methyl sites for hydroxylation is 1. The van der Waals surface area contributed by atoms with Gasteiger partial charge >= 0.3 is 0 Å². The number of alkyl halides is 1. The number of nitrogens with zero attached hydrogens (tertiary/aromatic N) is 3. The van der Waals surface area contributed by atoms with E-state index in [1.54, 1.807) is 6.20 Å². The van der Waals surface area contributed by atoms with E-state index in [2.05, 4.69) is 23.4 Å². The molecule has 5 heteroatoms. The Morgan fingerprint density at radius 2 is 2.14 bits per heavy atom. The van der Waals surface area contributed by atoms with Crippen LogP contribution in [0.4, 0.5) is 0 Å². The Morgan fingerprint density at radius 3 is 2.86 bits per heavy atom. The zero-order valence-electron chi connectivity index (χ0n) is 12.5. The molecule has 3 atom stereocenters.